The quantitative estimate of drug-likeness (QED) is 0.776. The van der Waals surface area contributed by atoms with Crippen LogP contribution in [0.1, 0.15) is 31.9 Å². The minimum absolute atomic E-state index is 0.137. The van der Waals surface area contributed by atoms with Gasteiger partial charge in [-0.2, -0.15) is 0 Å². The number of amides is 2. The van der Waals surface area contributed by atoms with E-state index in [0.717, 1.165) is 23.3 Å². The zero-order chi connectivity index (χ0) is 17.0. The van der Waals surface area contributed by atoms with Crippen molar-refractivity contribution in [2.24, 2.45) is 5.73 Å². The Morgan fingerprint density at radius 2 is 2.26 bits per heavy atom. The molecular formula is C17H22N2O4. The van der Waals surface area contributed by atoms with Gasteiger partial charge in [0.1, 0.15) is 23.6 Å². The van der Waals surface area contributed by atoms with Crippen LogP contribution in [0.15, 0.2) is 18.2 Å². The fourth-order valence-electron chi connectivity index (χ4n) is 2.36. The Labute approximate surface area is 135 Å². The molecule has 1 heterocycles. The van der Waals surface area contributed by atoms with E-state index in [4.69, 9.17) is 15.2 Å². The molecule has 0 fully saturated rings. The molecule has 2 rings (SSSR count). The number of carbonyl (C=O) groups is 2. The Hall–Kier alpha value is -2.50. The van der Waals surface area contributed by atoms with Crippen molar-refractivity contribution in [3.8, 4) is 11.5 Å². The van der Waals surface area contributed by atoms with Crippen molar-refractivity contribution < 1.29 is 19.1 Å². The molecule has 2 atom stereocenters. The van der Waals surface area contributed by atoms with Crippen molar-refractivity contribution in [3.05, 3.63) is 29.3 Å². The summed E-state index contributed by atoms with van der Waals surface area (Å²) in [6.45, 7) is 5.97. The van der Waals surface area contributed by atoms with Crippen LogP contribution in [0, 0.1) is 0 Å². The van der Waals surface area contributed by atoms with Gasteiger partial charge < -0.3 is 20.5 Å². The molecule has 0 saturated heterocycles. The molecule has 0 spiro atoms. The van der Waals surface area contributed by atoms with E-state index in [0.29, 0.717) is 12.4 Å². The molecular weight excluding hydrogens is 296 g/mol. The molecule has 0 aliphatic carbocycles. The second kappa shape index (κ2) is 7.17. The van der Waals surface area contributed by atoms with E-state index in [2.05, 4.69) is 5.32 Å². The second-order valence-electron chi connectivity index (χ2n) is 5.53. The summed E-state index contributed by atoms with van der Waals surface area (Å²) in [7, 11) is 0. The number of primary amides is 1. The molecule has 6 heteroatoms. The van der Waals surface area contributed by atoms with E-state index in [1.807, 2.05) is 26.0 Å². The number of ether oxygens (including phenoxy) is 2. The number of hydrogen-bond donors (Lipinski definition) is 2. The van der Waals surface area contributed by atoms with Gasteiger partial charge in [0.15, 0.2) is 0 Å². The molecule has 3 N–H and O–H groups in total. The maximum Gasteiger partial charge on any atom is 0.244 e. The Morgan fingerprint density at radius 3 is 2.91 bits per heavy atom. The summed E-state index contributed by atoms with van der Waals surface area (Å²) in [5.41, 5.74) is 6.97. The largest absolute Gasteiger partial charge is 0.493 e. The minimum atomic E-state index is -0.720. The maximum atomic E-state index is 11.8. The van der Waals surface area contributed by atoms with Crippen LogP contribution in [0.5, 0.6) is 11.5 Å². The van der Waals surface area contributed by atoms with Crippen LogP contribution < -0.4 is 20.5 Å². The number of rotatable bonds is 6. The van der Waals surface area contributed by atoms with Crippen molar-refractivity contribution in [2.75, 3.05) is 6.61 Å². The molecule has 0 aromatic heterocycles. The molecule has 0 bridgehead atoms. The molecule has 2 unspecified atom stereocenters. The minimum Gasteiger partial charge on any atom is -0.493 e. The van der Waals surface area contributed by atoms with Gasteiger partial charge in [-0.3, -0.25) is 9.59 Å². The van der Waals surface area contributed by atoms with Gasteiger partial charge in [0.25, 0.3) is 0 Å². The lowest BCUT2D eigenvalue weighted by Crippen LogP contribution is -2.41. The van der Waals surface area contributed by atoms with Crippen LogP contribution >= 0.6 is 0 Å². The van der Waals surface area contributed by atoms with Crippen molar-refractivity contribution in [2.45, 2.75) is 39.3 Å². The highest BCUT2D eigenvalue weighted by molar-refractivity contribution is 5.95. The molecule has 1 aliphatic heterocycles. The number of nitrogens with one attached hydrogen (secondary N) is 1. The number of fused-ring (bicyclic) bond motifs is 1. The zero-order valence-corrected chi connectivity index (χ0v) is 13.6. The third-order valence-corrected chi connectivity index (χ3v) is 3.53. The first-order chi connectivity index (χ1) is 10.9. The predicted molar refractivity (Wildman–Crippen MR) is 87.2 cm³/mol. The average molecular weight is 318 g/mol. The fourth-order valence-corrected chi connectivity index (χ4v) is 2.36. The lowest BCUT2D eigenvalue weighted by atomic mass is 10.1. The van der Waals surface area contributed by atoms with Crippen LogP contribution in [-0.4, -0.2) is 30.6 Å². The highest BCUT2D eigenvalue weighted by Crippen LogP contribution is 2.35. The Kier molecular flexibility index (Phi) is 5.26. The van der Waals surface area contributed by atoms with E-state index in [9.17, 15) is 9.59 Å². The van der Waals surface area contributed by atoms with Crippen LogP contribution in [0.25, 0.3) is 6.08 Å². The summed E-state index contributed by atoms with van der Waals surface area (Å²) in [4.78, 5) is 22.8. The molecule has 1 aliphatic rings. The summed E-state index contributed by atoms with van der Waals surface area (Å²) in [5, 5.41) is 2.49. The first-order valence-electron chi connectivity index (χ1n) is 7.65. The maximum absolute atomic E-state index is 11.8. The van der Waals surface area contributed by atoms with Crippen LogP contribution in [-0.2, 0) is 16.0 Å². The van der Waals surface area contributed by atoms with E-state index in [1.54, 1.807) is 6.08 Å². The smallest absolute Gasteiger partial charge is 0.244 e. The zero-order valence-electron chi connectivity index (χ0n) is 13.6. The highest BCUT2D eigenvalue weighted by atomic mass is 16.5. The highest BCUT2D eigenvalue weighted by Gasteiger charge is 2.21. The van der Waals surface area contributed by atoms with Gasteiger partial charge in [0.05, 0.1) is 6.61 Å². The third kappa shape index (κ3) is 4.25. The number of benzene rings is 1. The Balaban J connectivity index is 2.18. The van der Waals surface area contributed by atoms with Gasteiger partial charge in [-0.15, -0.1) is 0 Å². The Bertz CT molecular complexity index is 640. The molecule has 2 amide bonds. The van der Waals surface area contributed by atoms with Crippen molar-refractivity contribution >= 4 is 17.9 Å². The van der Waals surface area contributed by atoms with E-state index >= 15 is 0 Å². The van der Waals surface area contributed by atoms with Crippen molar-refractivity contribution in [3.63, 3.8) is 0 Å². The third-order valence-electron chi connectivity index (χ3n) is 3.53. The molecule has 6 nitrogen and oxygen atoms in total. The lowest BCUT2D eigenvalue weighted by molar-refractivity contribution is -0.124. The van der Waals surface area contributed by atoms with E-state index in [1.165, 1.54) is 13.0 Å². The summed E-state index contributed by atoms with van der Waals surface area (Å²) >= 11 is 0. The van der Waals surface area contributed by atoms with E-state index in [-0.39, 0.29) is 6.10 Å². The number of hydrogen-bond acceptors (Lipinski definition) is 4. The van der Waals surface area contributed by atoms with Crippen LogP contribution in [0.2, 0.25) is 0 Å². The number of carbonyl (C=O) groups excluding carboxylic acids is 2. The summed E-state index contributed by atoms with van der Waals surface area (Å²) in [6, 6.07) is 3.10. The van der Waals surface area contributed by atoms with Gasteiger partial charge in [0, 0.05) is 23.6 Å². The van der Waals surface area contributed by atoms with Crippen molar-refractivity contribution in [1.29, 1.82) is 0 Å². The van der Waals surface area contributed by atoms with Gasteiger partial charge in [-0.05, 0) is 39.0 Å². The first-order valence-corrected chi connectivity index (χ1v) is 7.65. The fraction of sp³-hybridized carbons (Fsp3) is 0.412. The predicted octanol–water partition coefficient (Wildman–Crippen LogP) is 1.41. The summed E-state index contributed by atoms with van der Waals surface area (Å²) in [6.07, 6.45) is 3.97. The normalized spacial score (nSPS) is 17.4. The number of nitrogens with two attached hydrogens (primary N) is 1. The molecule has 0 radical (unpaired) electrons. The van der Waals surface area contributed by atoms with E-state index < -0.39 is 17.9 Å². The average Bonchev–Trinajstić information content (AvgIpc) is 2.84. The molecule has 0 saturated carbocycles. The molecule has 23 heavy (non-hydrogen) atoms. The van der Waals surface area contributed by atoms with Crippen LogP contribution in [0.4, 0.5) is 0 Å². The molecule has 124 valence electrons. The lowest BCUT2D eigenvalue weighted by Gasteiger charge is -2.10. The molecule has 1 aromatic carbocycles. The Morgan fingerprint density at radius 1 is 1.52 bits per heavy atom. The van der Waals surface area contributed by atoms with Crippen molar-refractivity contribution in [1.82, 2.24) is 5.32 Å². The summed E-state index contributed by atoms with van der Waals surface area (Å²) in [5.74, 6) is 0.540. The van der Waals surface area contributed by atoms with Gasteiger partial charge >= 0.3 is 0 Å². The topological polar surface area (TPSA) is 90.6 Å². The molecule has 1 aromatic rings. The SMILES string of the molecule is CCOc1cc2c(cc1/C=C/C(=O)NC(C)C(N)=O)OC(C)C2. The van der Waals surface area contributed by atoms with Gasteiger partial charge in [-0.25, -0.2) is 0 Å². The van der Waals surface area contributed by atoms with Crippen LogP contribution in [0.3, 0.4) is 0 Å². The second-order valence-corrected chi connectivity index (χ2v) is 5.53. The van der Waals surface area contributed by atoms with Gasteiger partial charge in [0.2, 0.25) is 11.8 Å². The first kappa shape index (κ1) is 16.9. The van der Waals surface area contributed by atoms with Gasteiger partial charge in [-0.1, -0.05) is 0 Å². The monoisotopic (exact) mass is 318 g/mol. The summed E-state index contributed by atoms with van der Waals surface area (Å²) < 4.78 is 11.4. The standard InChI is InChI=1S/C17H22N2O4/c1-4-22-14-9-13-7-10(2)23-15(13)8-12(14)5-6-16(20)19-11(3)17(18)21/h5-6,8-11H,4,7H2,1-3H3,(H2,18,21)(H,19,20)/b6-5+.